The van der Waals surface area contributed by atoms with E-state index in [0.717, 1.165) is 0 Å². The highest BCUT2D eigenvalue weighted by molar-refractivity contribution is 9.26. The van der Waals surface area contributed by atoms with Gasteiger partial charge in [0.05, 0.1) is 0 Å². The van der Waals surface area contributed by atoms with Crippen LogP contribution in [0.5, 0.6) is 0 Å². The zero-order valence-corrected chi connectivity index (χ0v) is 14.5. The fourth-order valence-corrected chi connectivity index (χ4v) is 3.21. The van der Waals surface area contributed by atoms with Crippen molar-refractivity contribution in [2.45, 2.75) is 6.47 Å². The van der Waals surface area contributed by atoms with Crippen LogP contribution >= 0.6 is 63.7 Å². The summed E-state index contributed by atoms with van der Waals surface area (Å²) in [6.07, 6.45) is 6.24. The summed E-state index contributed by atoms with van der Waals surface area (Å²) < 4.78 is -0.567. The van der Waals surface area contributed by atoms with Gasteiger partial charge in [0.1, 0.15) is 6.47 Å². The second-order valence-corrected chi connectivity index (χ2v) is 10.8. The Kier molecular flexibility index (Phi) is 3.85. The molecule has 0 aromatic heterocycles. The van der Waals surface area contributed by atoms with E-state index in [9.17, 15) is 0 Å². The van der Waals surface area contributed by atoms with Crippen molar-refractivity contribution in [3.8, 4) is 0 Å². The van der Waals surface area contributed by atoms with Crippen LogP contribution in [0.3, 0.4) is 0 Å². The second kappa shape index (κ2) is 4.71. The molecule has 1 aliphatic rings. The molecule has 0 spiro atoms. The molecule has 0 fully saturated rings. The lowest BCUT2D eigenvalue weighted by Gasteiger charge is -2.29. The molecular formula is C12H8Br4. The van der Waals surface area contributed by atoms with Crippen molar-refractivity contribution in [1.29, 1.82) is 0 Å². The predicted molar refractivity (Wildman–Crippen MR) is 84.7 cm³/mol. The van der Waals surface area contributed by atoms with Crippen LogP contribution < -0.4 is 0 Å². The van der Waals surface area contributed by atoms with Crippen molar-refractivity contribution in [1.82, 2.24) is 0 Å². The van der Waals surface area contributed by atoms with Gasteiger partial charge < -0.3 is 0 Å². The summed E-state index contributed by atoms with van der Waals surface area (Å²) in [6, 6.07) is 10.3. The fraction of sp³-hybridized carbons (Fsp3) is 0.167. The van der Waals surface area contributed by atoms with Gasteiger partial charge in [-0.05, 0) is 17.2 Å². The first-order chi connectivity index (χ1) is 7.41. The molecule has 0 amide bonds. The molecule has 0 heterocycles. The van der Waals surface area contributed by atoms with Gasteiger partial charge in [0.15, 0.2) is 0 Å². The topological polar surface area (TPSA) is 0 Å². The predicted octanol–water partition coefficient (Wildman–Crippen LogP) is 5.61. The number of benzene rings is 1. The highest BCUT2D eigenvalue weighted by Gasteiger charge is 2.33. The molecule has 1 aromatic rings. The number of rotatable bonds is 1. The van der Waals surface area contributed by atoms with Crippen LogP contribution in [0, 0.1) is 0 Å². The number of hydrogen-bond acceptors (Lipinski definition) is 0. The molecule has 1 aliphatic carbocycles. The summed E-state index contributed by atoms with van der Waals surface area (Å²) in [4.78, 5) is 0. The molecule has 2 rings (SSSR count). The summed E-state index contributed by atoms with van der Waals surface area (Å²) in [5.41, 5.74) is 2.35. The smallest absolute Gasteiger partial charge is 0.0634 e. The summed E-state index contributed by atoms with van der Waals surface area (Å²) in [7, 11) is 0. The maximum atomic E-state index is 3.67. The Morgan fingerprint density at radius 1 is 0.812 bits per heavy atom. The second-order valence-electron chi connectivity index (χ2n) is 3.55. The van der Waals surface area contributed by atoms with E-state index in [1.807, 2.05) is 24.3 Å². The Balaban J connectivity index is 2.50. The molecule has 0 aliphatic heterocycles. The van der Waals surface area contributed by atoms with E-state index in [0.29, 0.717) is 0 Å². The minimum atomic E-state index is -0.299. The van der Waals surface area contributed by atoms with Gasteiger partial charge in [0, 0.05) is 0 Å². The maximum absolute atomic E-state index is 3.67. The third-order valence-electron chi connectivity index (χ3n) is 2.30. The fourth-order valence-electron chi connectivity index (χ4n) is 1.54. The van der Waals surface area contributed by atoms with E-state index in [1.165, 1.54) is 11.1 Å². The van der Waals surface area contributed by atoms with E-state index in [4.69, 9.17) is 0 Å². The average molecular weight is 472 g/mol. The van der Waals surface area contributed by atoms with Crippen molar-refractivity contribution >= 4 is 69.3 Å². The first-order valence-electron chi connectivity index (χ1n) is 4.65. The van der Waals surface area contributed by atoms with E-state index in [-0.39, 0.29) is 6.47 Å². The molecular weight excluding hydrogens is 464 g/mol. The number of hydrogen-bond donors (Lipinski definition) is 0. The lowest BCUT2D eigenvalue weighted by Crippen LogP contribution is -2.20. The van der Waals surface area contributed by atoms with Crippen LogP contribution in [0.2, 0.25) is 0 Å². The van der Waals surface area contributed by atoms with Crippen LogP contribution in [0.1, 0.15) is 5.56 Å². The molecule has 0 saturated carbocycles. The molecule has 1 aromatic carbocycles. The Morgan fingerprint density at radius 3 is 2.06 bits per heavy atom. The summed E-state index contributed by atoms with van der Waals surface area (Å²) in [5, 5.41) is 0. The zero-order chi connectivity index (χ0) is 11.8. The van der Waals surface area contributed by atoms with Crippen molar-refractivity contribution < 1.29 is 0 Å². The Labute approximate surface area is 129 Å². The third-order valence-corrected chi connectivity index (χ3v) is 4.67. The largest absolute Gasteiger partial charge is 0.124 e. The molecule has 4 heteroatoms. The van der Waals surface area contributed by atoms with Gasteiger partial charge in [-0.15, -0.1) is 0 Å². The van der Waals surface area contributed by atoms with Gasteiger partial charge in [-0.2, -0.15) is 0 Å². The zero-order valence-electron chi connectivity index (χ0n) is 8.13. The van der Waals surface area contributed by atoms with Crippen molar-refractivity contribution in [3.63, 3.8) is 0 Å². The van der Waals surface area contributed by atoms with E-state index < -0.39 is 0 Å². The van der Waals surface area contributed by atoms with E-state index in [1.54, 1.807) is 0 Å². The van der Waals surface area contributed by atoms with Crippen LogP contribution in [0.15, 0.2) is 48.6 Å². The molecule has 0 N–H and O–H groups in total. The van der Waals surface area contributed by atoms with Gasteiger partial charge in [-0.3, -0.25) is 0 Å². The van der Waals surface area contributed by atoms with E-state index >= 15 is 0 Å². The molecule has 0 atom stereocenters. The van der Waals surface area contributed by atoms with Gasteiger partial charge in [0.25, 0.3) is 0 Å². The number of allylic oxidation sites excluding steroid dienone is 4. The molecule has 0 bridgehead atoms. The van der Waals surface area contributed by atoms with Gasteiger partial charge >= 0.3 is 0 Å². The van der Waals surface area contributed by atoms with E-state index in [2.05, 4.69) is 88.0 Å². The lowest BCUT2D eigenvalue weighted by atomic mass is 9.98. The average Bonchev–Trinajstić information content (AvgIpc) is 2.24. The van der Waals surface area contributed by atoms with Gasteiger partial charge in [0.2, 0.25) is 0 Å². The maximum Gasteiger partial charge on any atom is 0.124 e. The minimum Gasteiger partial charge on any atom is -0.0634 e. The summed E-state index contributed by atoms with van der Waals surface area (Å²) in [6.45, 7) is 0. The lowest BCUT2D eigenvalue weighted by molar-refractivity contribution is 1.23. The molecule has 0 saturated heterocycles. The number of alkyl halides is 4. The standard InChI is InChI=1S/C12H8Br4/c13-11(14)6-7-12(15,16)10(8-11)9-4-2-1-3-5-9/h1-8H. The van der Waals surface area contributed by atoms with Crippen molar-refractivity contribution in [2.75, 3.05) is 0 Å². The summed E-state index contributed by atoms with van der Waals surface area (Å²) >= 11 is 14.5. The molecule has 84 valence electrons. The van der Waals surface area contributed by atoms with Crippen molar-refractivity contribution in [3.05, 3.63) is 54.1 Å². The quantitative estimate of drug-likeness (QED) is 0.369. The molecule has 16 heavy (non-hydrogen) atoms. The molecule has 0 unspecified atom stereocenters. The highest BCUT2D eigenvalue weighted by atomic mass is 79.9. The Morgan fingerprint density at radius 2 is 1.44 bits per heavy atom. The van der Waals surface area contributed by atoms with Crippen LogP contribution in [-0.2, 0) is 0 Å². The normalized spacial score (nSPS) is 21.6. The van der Waals surface area contributed by atoms with Gasteiger partial charge in [-0.25, -0.2) is 0 Å². The molecule has 0 radical (unpaired) electrons. The Bertz CT molecular complexity index is 443. The first kappa shape index (κ1) is 13.1. The van der Waals surface area contributed by atoms with Gasteiger partial charge in [-0.1, -0.05) is 106 Å². The SMILES string of the molecule is BrC1(Br)C=CC(Br)(Br)C(c2ccccc2)=C1. The third kappa shape index (κ3) is 2.89. The van der Waals surface area contributed by atoms with Crippen LogP contribution in [0.4, 0.5) is 0 Å². The highest BCUT2D eigenvalue weighted by Crippen LogP contribution is 2.49. The first-order valence-corrected chi connectivity index (χ1v) is 7.83. The van der Waals surface area contributed by atoms with Crippen molar-refractivity contribution in [2.24, 2.45) is 0 Å². The minimum absolute atomic E-state index is 0.268. The monoisotopic (exact) mass is 468 g/mol. The van der Waals surface area contributed by atoms with Crippen LogP contribution in [0.25, 0.3) is 5.57 Å². The number of halogens is 4. The van der Waals surface area contributed by atoms with Crippen LogP contribution in [-0.4, -0.2) is 6.47 Å². The Hall–Kier alpha value is 0.620. The molecule has 0 nitrogen and oxygen atoms in total. The summed E-state index contributed by atoms with van der Waals surface area (Å²) in [5.74, 6) is 0.